The monoisotopic (exact) mass is 253 g/mol. The summed E-state index contributed by atoms with van der Waals surface area (Å²) in [5, 5.41) is 5.26. The van der Waals surface area contributed by atoms with Crippen LogP contribution in [0.3, 0.4) is 0 Å². The molecule has 0 aromatic carbocycles. The second-order valence-electron chi connectivity index (χ2n) is 3.06. The highest BCUT2D eigenvalue weighted by molar-refractivity contribution is 8.06. The molecule has 7 nitrogen and oxygen atoms in total. The van der Waals surface area contributed by atoms with Crippen molar-refractivity contribution < 1.29 is 16.8 Å². The zero-order chi connectivity index (χ0) is 11.5. The summed E-state index contributed by atoms with van der Waals surface area (Å²) in [7, 11) is -7.35. The lowest BCUT2D eigenvalue weighted by molar-refractivity contribution is 0.580. The standard InChI is InChI=1S/C6H11N3O4S2/c1-14(10,11)5-15(12,13)8-4-6-2-3-7-9-6/h2-3,8H,4-5H2,1H3,(H,7,9). The van der Waals surface area contributed by atoms with Crippen molar-refractivity contribution >= 4 is 19.9 Å². The number of nitrogens with one attached hydrogen (secondary N) is 2. The van der Waals surface area contributed by atoms with Crippen LogP contribution in [0.15, 0.2) is 12.3 Å². The van der Waals surface area contributed by atoms with Crippen LogP contribution >= 0.6 is 0 Å². The Bertz CT molecular complexity index is 503. The van der Waals surface area contributed by atoms with Crippen LogP contribution in [0.25, 0.3) is 0 Å². The maximum Gasteiger partial charge on any atom is 0.226 e. The zero-order valence-electron chi connectivity index (χ0n) is 7.97. The number of sulfone groups is 1. The molecule has 0 bridgehead atoms. The van der Waals surface area contributed by atoms with Gasteiger partial charge in [-0.25, -0.2) is 21.6 Å². The van der Waals surface area contributed by atoms with Crippen LogP contribution in [0.2, 0.25) is 0 Å². The van der Waals surface area contributed by atoms with Gasteiger partial charge < -0.3 is 0 Å². The number of H-pyrrole nitrogens is 1. The second-order valence-corrected chi connectivity index (χ2v) is 7.37. The summed E-state index contributed by atoms with van der Waals surface area (Å²) in [6, 6.07) is 1.59. The van der Waals surface area contributed by atoms with Crippen LogP contribution in [0.1, 0.15) is 5.69 Å². The average molecular weight is 253 g/mol. The van der Waals surface area contributed by atoms with Gasteiger partial charge in [0.2, 0.25) is 10.0 Å². The fraction of sp³-hybridized carbons (Fsp3) is 0.500. The Morgan fingerprint density at radius 2 is 2.07 bits per heavy atom. The van der Waals surface area contributed by atoms with Gasteiger partial charge in [-0.1, -0.05) is 0 Å². The Balaban J connectivity index is 2.59. The Labute approximate surface area is 87.9 Å². The third-order valence-corrected chi connectivity index (χ3v) is 4.95. The molecule has 0 aliphatic carbocycles. The maximum absolute atomic E-state index is 11.2. The molecule has 0 radical (unpaired) electrons. The van der Waals surface area contributed by atoms with Gasteiger partial charge in [0.25, 0.3) is 0 Å². The molecule has 1 aromatic heterocycles. The smallest absolute Gasteiger partial charge is 0.226 e. The molecule has 0 aliphatic rings. The van der Waals surface area contributed by atoms with Crippen molar-refractivity contribution in [2.45, 2.75) is 6.54 Å². The molecule has 0 spiro atoms. The fourth-order valence-corrected chi connectivity index (χ4v) is 3.86. The molecule has 0 fully saturated rings. The highest BCUT2D eigenvalue weighted by Gasteiger charge is 2.17. The molecule has 0 unspecified atom stereocenters. The van der Waals surface area contributed by atoms with Gasteiger partial charge in [0.1, 0.15) is 0 Å². The third kappa shape index (κ3) is 4.91. The van der Waals surface area contributed by atoms with Crippen molar-refractivity contribution in [2.75, 3.05) is 11.3 Å². The van der Waals surface area contributed by atoms with Gasteiger partial charge in [0.05, 0.1) is 12.2 Å². The van der Waals surface area contributed by atoms with Gasteiger partial charge in [-0.2, -0.15) is 5.10 Å². The molecular formula is C6H11N3O4S2. The number of rotatable bonds is 5. The molecule has 1 heterocycles. The maximum atomic E-state index is 11.2. The van der Waals surface area contributed by atoms with Crippen LogP contribution in [-0.2, 0) is 26.4 Å². The lowest BCUT2D eigenvalue weighted by Gasteiger charge is -2.03. The predicted molar refractivity (Wildman–Crippen MR) is 54.1 cm³/mol. The molecule has 0 amide bonds. The van der Waals surface area contributed by atoms with Crippen molar-refractivity contribution in [3.63, 3.8) is 0 Å². The van der Waals surface area contributed by atoms with Crippen LogP contribution in [0.5, 0.6) is 0 Å². The summed E-state index contributed by atoms with van der Waals surface area (Å²) in [5.74, 6) is 0. The van der Waals surface area contributed by atoms with E-state index in [2.05, 4.69) is 14.9 Å². The zero-order valence-corrected chi connectivity index (χ0v) is 9.60. The molecule has 15 heavy (non-hydrogen) atoms. The van der Waals surface area contributed by atoms with Gasteiger partial charge in [-0.05, 0) is 6.07 Å². The lowest BCUT2D eigenvalue weighted by atomic mass is 10.4. The van der Waals surface area contributed by atoms with Crippen LogP contribution < -0.4 is 4.72 Å². The van der Waals surface area contributed by atoms with Crippen molar-refractivity contribution in [2.24, 2.45) is 0 Å². The summed E-state index contributed by atoms with van der Waals surface area (Å²) in [6.07, 6.45) is 2.34. The van der Waals surface area contributed by atoms with E-state index in [4.69, 9.17) is 0 Å². The summed E-state index contributed by atoms with van der Waals surface area (Å²) in [5.41, 5.74) is 0.562. The minimum absolute atomic E-state index is 0.00213. The number of nitrogens with zero attached hydrogens (tertiary/aromatic N) is 1. The first-order valence-corrected chi connectivity index (χ1v) is 7.63. The Morgan fingerprint density at radius 3 is 2.53 bits per heavy atom. The number of aromatic amines is 1. The lowest BCUT2D eigenvalue weighted by Crippen LogP contribution is -2.29. The fourth-order valence-electron chi connectivity index (χ4n) is 0.894. The van der Waals surface area contributed by atoms with E-state index in [9.17, 15) is 16.8 Å². The third-order valence-electron chi connectivity index (χ3n) is 1.41. The van der Waals surface area contributed by atoms with Crippen molar-refractivity contribution in [1.82, 2.24) is 14.9 Å². The summed E-state index contributed by atoms with van der Waals surface area (Å²) in [4.78, 5) is 0. The molecule has 0 aliphatic heterocycles. The Hall–Kier alpha value is -0.930. The molecule has 0 saturated heterocycles. The Morgan fingerprint density at radius 1 is 1.40 bits per heavy atom. The van der Waals surface area contributed by atoms with Gasteiger partial charge in [-0.15, -0.1) is 0 Å². The highest BCUT2D eigenvalue weighted by atomic mass is 32.3. The van der Waals surface area contributed by atoms with E-state index < -0.39 is 24.9 Å². The Kier molecular flexibility index (Phi) is 3.47. The molecule has 0 atom stereocenters. The molecule has 1 aromatic rings. The first-order valence-electron chi connectivity index (χ1n) is 3.92. The van der Waals surface area contributed by atoms with E-state index in [0.717, 1.165) is 6.26 Å². The van der Waals surface area contributed by atoms with Gasteiger partial charge in [-0.3, -0.25) is 5.10 Å². The van der Waals surface area contributed by atoms with Gasteiger partial charge in [0.15, 0.2) is 14.9 Å². The van der Waals surface area contributed by atoms with E-state index in [0.29, 0.717) is 5.69 Å². The number of sulfonamides is 1. The van der Waals surface area contributed by atoms with E-state index in [-0.39, 0.29) is 6.54 Å². The van der Waals surface area contributed by atoms with E-state index >= 15 is 0 Å². The summed E-state index contributed by atoms with van der Waals surface area (Å²) >= 11 is 0. The van der Waals surface area contributed by atoms with Crippen LogP contribution in [-0.4, -0.2) is 38.4 Å². The number of aromatic nitrogens is 2. The molecular weight excluding hydrogens is 242 g/mol. The van der Waals surface area contributed by atoms with Crippen molar-refractivity contribution in [1.29, 1.82) is 0 Å². The number of hydrogen-bond donors (Lipinski definition) is 2. The van der Waals surface area contributed by atoms with Gasteiger partial charge in [0, 0.05) is 12.5 Å². The highest BCUT2D eigenvalue weighted by Crippen LogP contribution is 1.96. The second kappa shape index (κ2) is 4.29. The van der Waals surface area contributed by atoms with E-state index in [1.807, 2.05) is 0 Å². The molecule has 0 saturated carbocycles. The number of hydrogen-bond acceptors (Lipinski definition) is 5. The molecule has 9 heteroatoms. The minimum atomic E-state index is -3.80. The average Bonchev–Trinajstić information content (AvgIpc) is 2.47. The SMILES string of the molecule is CS(=O)(=O)CS(=O)(=O)NCc1ccn[nH]1. The van der Waals surface area contributed by atoms with Crippen LogP contribution in [0, 0.1) is 0 Å². The predicted octanol–water partition coefficient (Wildman–Crippen LogP) is -1.17. The van der Waals surface area contributed by atoms with E-state index in [1.54, 1.807) is 6.07 Å². The quantitative estimate of drug-likeness (QED) is 0.687. The minimum Gasteiger partial charge on any atom is -0.281 e. The normalized spacial score (nSPS) is 12.9. The largest absolute Gasteiger partial charge is 0.281 e. The summed E-state index contributed by atoms with van der Waals surface area (Å²) < 4.78 is 46.1. The van der Waals surface area contributed by atoms with Crippen molar-refractivity contribution in [3.05, 3.63) is 18.0 Å². The van der Waals surface area contributed by atoms with E-state index in [1.165, 1.54) is 6.20 Å². The topological polar surface area (TPSA) is 109 Å². The van der Waals surface area contributed by atoms with Crippen molar-refractivity contribution in [3.8, 4) is 0 Å². The summed E-state index contributed by atoms with van der Waals surface area (Å²) in [6.45, 7) is -0.00213. The van der Waals surface area contributed by atoms with Gasteiger partial charge >= 0.3 is 0 Å². The first kappa shape index (κ1) is 12.1. The first-order chi connectivity index (χ1) is 6.79. The molecule has 1 rings (SSSR count). The van der Waals surface area contributed by atoms with Crippen LogP contribution in [0.4, 0.5) is 0 Å². The molecule has 86 valence electrons. The molecule has 2 N–H and O–H groups in total.